The topological polar surface area (TPSA) is 40.5 Å². The molecule has 0 aliphatic rings. The molecule has 0 radical (unpaired) electrons. The lowest BCUT2D eigenvalue weighted by Gasteiger charge is -1.86. The van der Waals surface area contributed by atoms with Crippen molar-refractivity contribution in [3.8, 4) is 0 Å². The van der Waals surface area contributed by atoms with Gasteiger partial charge >= 0.3 is 0 Å². The van der Waals surface area contributed by atoms with Gasteiger partial charge in [-0.05, 0) is 26.0 Å². The van der Waals surface area contributed by atoms with Crippen molar-refractivity contribution in [1.82, 2.24) is 4.98 Å². The first-order valence-electron chi connectivity index (χ1n) is 4.55. The number of H-pyrrole nitrogens is 1. The largest absolute Gasteiger partial charge is 0.353 e. The molecule has 0 aliphatic heterocycles. The minimum Gasteiger partial charge on any atom is -0.353 e. The van der Waals surface area contributed by atoms with Crippen LogP contribution in [0, 0.1) is 0 Å². The molecular weight excluding hydrogens is 162 g/mol. The molecule has 0 saturated carbocycles. The molecule has 0 aliphatic carbocycles. The Morgan fingerprint density at radius 2 is 1.54 bits per heavy atom. The van der Waals surface area contributed by atoms with E-state index >= 15 is 0 Å². The van der Waals surface area contributed by atoms with Crippen LogP contribution in [-0.4, -0.2) is 30.5 Å². The number of aromatic nitrogens is 1. The second-order valence-electron chi connectivity index (χ2n) is 2.62. The monoisotopic (exact) mass is 177 g/mol. The van der Waals surface area contributed by atoms with E-state index in [1.165, 1.54) is 0 Å². The Kier molecular flexibility index (Phi) is 3.96. The Labute approximate surface area is 78.6 Å². The Hall–Kier alpha value is -1.38. The van der Waals surface area contributed by atoms with Gasteiger partial charge in [0.05, 0.1) is 11.4 Å². The minimum absolute atomic E-state index is 0.817. The van der Waals surface area contributed by atoms with Crippen molar-refractivity contribution in [3.05, 3.63) is 23.5 Å². The maximum Gasteiger partial charge on any atom is 0.0566 e. The van der Waals surface area contributed by atoms with Gasteiger partial charge in [-0.2, -0.15) is 0 Å². The zero-order valence-electron chi connectivity index (χ0n) is 8.12. The molecule has 13 heavy (non-hydrogen) atoms. The zero-order chi connectivity index (χ0) is 9.52. The lowest BCUT2D eigenvalue weighted by Crippen LogP contribution is -1.85. The van der Waals surface area contributed by atoms with Crippen molar-refractivity contribution >= 4 is 12.4 Å². The fourth-order valence-corrected chi connectivity index (χ4v) is 0.959. The van der Waals surface area contributed by atoms with Gasteiger partial charge in [-0.3, -0.25) is 9.98 Å². The Morgan fingerprint density at radius 3 is 1.92 bits per heavy atom. The van der Waals surface area contributed by atoms with Gasteiger partial charge in [0.15, 0.2) is 0 Å². The first kappa shape index (κ1) is 9.71. The highest BCUT2D eigenvalue weighted by atomic mass is 14.8. The summed E-state index contributed by atoms with van der Waals surface area (Å²) in [4.78, 5) is 11.5. The number of nitrogens with one attached hydrogen (secondary N) is 1. The van der Waals surface area contributed by atoms with E-state index < -0.39 is 0 Å². The number of aromatic amines is 1. The molecule has 1 rings (SSSR count). The standard InChI is InChI=1S/C10H15N3/c1-3-11-7-9-5-6-10(13-9)8-12-4-2/h5-8,13H,3-4H2,1-2H3. The molecule has 70 valence electrons. The Bertz CT molecular complexity index is 268. The van der Waals surface area contributed by atoms with E-state index in [2.05, 4.69) is 15.0 Å². The molecule has 3 heteroatoms. The zero-order valence-corrected chi connectivity index (χ0v) is 8.12. The molecule has 0 atom stereocenters. The smallest absolute Gasteiger partial charge is 0.0566 e. The van der Waals surface area contributed by atoms with Crippen molar-refractivity contribution in [2.75, 3.05) is 13.1 Å². The van der Waals surface area contributed by atoms with Gasteiger partial charge in [0.2, 0.25) is 0 Å². The summed E-state index contributed by atoms with van der Waals surface area (Å²) < 4.78 is 0. The first-order chi connectivity index (χ1) is 6.36. The van der Waals surface area contributed by atoms with Crippen LogP contribution in [0.3, 0.4) is 0 Å². The van der Waals surface area contributed by atoms with Crippen LogP contribution >= 0.6 is 0 Å². The predicted octanol–water partition coefficient (Wildman–Crippen LogP) is 1.89. The maximum atomic E-state index is 4.13. The van der Waals surface area contributed by atoms with Gasteiger partial charge in [-0.1, -0.05) is 0 Å². The van der Waals surface area contributed by atoms with Crippen molar-refractivity contribution in [2.24, 2.45) is 9.98 Å². The summed E-state index contributed by atoms with van der Waals surface area (Å²) in [7, 11) is 0. The third kappa shape index (κ3) is 3.23. The van der Waals surface area contributed by atoms with Crippen LogP contribution in [0.25, 0.3) is 0 Å². The van der Waals surface area contributed by atoms with Crippen molar-refractivity contribution in [1.29, 1.82) is 0 Å². The fourth-order valence-electron chi connectivity index (χ4n) is 0.959. The average Bonchev–Trinajstić information content (AvgIpc) is 2.59. The Balaban J connectivity index is 2.63. The predicted molar refractivity (Wildman–Crippen MR) is 57.1 cm³/mol. The highest BCUT2D eigenvalue weighted by molar-refractivity contribution is 5.83. The van der Waals surface area contributed by atoms with E-state index in [0.29, 0.717) is 0 Å². The minimum atomic E-state index is 0.817. The van der Waals surface area contributed by atoms with Crippen molar-refractivity contribution < 1.29 is 0 Å². The normalized spacial score (nSPS) is 11.8. The lowest BCUT2D eigenvalue weighted by atomic mass is 10.4. The van der Waals surface area contributed by atoms with Gasteiger partial charge in [0.25, 0.3) is 0 Å². The van der Waals surface area contributed by atoms with Crippen molar-refractivity contribution in [3.63, 3.8) is 0 Å². The van der Waals surface area contributed by atoms with Gasteiger partial charge in [-0.25, -0.2) is 0 Å². The van der Waals surface area contributed by atoms with Crippen LogP contribution in [0.15, 0.2) is 22.1 Å². The summed E-state index contributed by atoms with van der Waals surface area (Å²) in [6, 6.07) is 3.99. The Morgan fingerprint density at radius 1 is 1.08 bits per heavy atom. The quantitative estimate of drug-likeness (QED) is 0.682. The molecule has 0 spiro atoms. The van der Waals surface area contributed by atoms with Crippen molar-refractivity contribution in [2.45, 2.75) is 13.8 Å². The van der Waals surface area contributed by atoms with Gasteiger partial charge in [-0.15, -0.1) is 0 Å². The molecule has 0 fully saturated rings. The highest BCUT2D eigenvalue weighted by Crippen LogP contribution is 1.96. The molecular formula is C10H15N3. The number of hydrogen-bond donors (Lipinski definition) is 1. The van der Waals surface area contributed by atoms with E-state index in [1.54, 1.807) is 0 Å². The summed E-state index contributed by atoms with van der Waals surface area (Å²) in [5.41, 5.74) is 2.05. The molecule has 3 nitrogen and oxygen atoms in total. The van der Waals surface area contributed by atoms with E-state index in [4.69, 9.17) is 0 Å². The molecule has 1 aromatic rings. The van der Waals surface area contributed by atoms with Crippen LogP contribution in [0.1, 0.15) is 25.2 Å². The lowest BCUT2D eigenvalue weighted by molar-refractivity contribution is 1.13. The SMILES string of the molecule is CCN=Cc1ccc(C=NCC)[nH]1. The van der Waals surface area contributed by atoms with Crippen LogP contribution in [0.5, 0.6) is 0 Å². The first-order valence-corrected chi connectivity index (χ1v) is 4.55. The van der Waals surface area contributed by atoms with E-state index in [-0.39, 0.29) is 0 Å². The molecule has 1 aromatic heterocycles. The second kappa shape index (κ2) is 5.30. The third-order valence-electron chi connectivity index (χ3n) is 1.56. The maximum absolute atomic E-state index is 4.13. The van der Waals surface area contributed by atoms with E-state index in [0.717, 1.165) is 24.5 Å². The third-order valence-corrected chi connectivity index (χ3v) is 1.56. The van der Waals surface area contributed by atoms with E-state index in [9.17, 15) is 0 Å². The van der Waals surface area contributed by atoms with Gasteiger partial charge in [0.1, 0.15) is 0 Å². The summed E-state index contributed by atoms with van der Waals surface area (Å²) in [5, 5.41) is 0. The fraction of sp³-hybridized carbons (Fsp3) is 0.400. The second-order valence-corrected chi connectivity index (χ2v) is 2.62. The molecule has 0 unspecified atom stereocenters. The molecule has 1 N–H and O–H groups in total. The molecule has 0 amide bonds. The molecule has 0 aromatic carbocycles. The average molecular weight is 177 g/mol. The molecule has 1 heterocycles. The number of nitrogens with zero attached hydrogens (tertiary/aromatic N) is 2. The van der Waals surface area contributed by atoms with E-state index in [1.807, 2.05) is 38.4 Å². The van der Waals surface area contributed by atoms with Gasteiger partial charge in [0, 0.05) is 25.5 Å². The summed E-state index contributed by atoms with van der Waals surface area (Å²) in [6.07, 6.45) is 3.67. The summed E-state index contributed by atoms with van der Waals surface area (Å²) >= 11 is 0. The van der Waals surface area contributed by atoms with Crippen LogP contribution < -0.4 is 0 Å². The summed E-state index contributed by atoms with van der Waals surface area (Å²) in [5.74, 6) is 0. The number of hydrogen-bond acceptors (Lipinski definition) is 2. The summed E-state index contributed by atoms with van der Waals surface area (Å²) in [6.45, 7) is 5.66. The molecule has 0 saturated heterocycles. The number of rotatable bonds is 4. The van der Waals surface area contributed by atoms with Crippen LogP contribution in [0.4, 0.5) is 0 Å². The molecule has 0 bridgehead atoms. The highest BCUT2D eigenvalue weighted by Gasteiger charge is 1.91. The number of aliphatic imine (C=N–C) groups is 2. The van der Waals surface area contributed by atoms with Crippen LogP contribution in [0.2, 0.25) is 0 Å². The van der Waals surface area contributed by atoms with Crippen LogP contribution in [-0.2, 0) is 0 Å². The van der Waals surface area contributed by atoms with Gasteiger partial charge < -0.3 is 4.98 Å².